The van der Waals surface area contributed by atoms with E-state index >= 15 is 0 Å². The molecule has 0 rings (SSSR count). The monoisotopic (exact) mass is 231 g/mol. The molecule has 0 unspecified atom stereocenters. The molecule has 0 heterocycles. The lowest BCUT2D eigenvalue weighted by Crippen LogP contribution is -2.29. The van der Waals surface area contributed by atoms with E-state index < -0.39 is 12.5 Å². The van der Waals surface area contributed by atoms with Crippen molar-refractivity contribution in [2.75, 3.05) is 26.4 Å². The SMILES string of the molecule is CC(C)C(=O)CCCOCCNC(=O)CO. The van der Waals surface area contributed by atoms with Crippen molar-refractivity contribution < 1.29 is 19.4 Å². The van der Waals surface area contributed by atoms with Crippen molar-refractivity contribution in [3.05, 3.63) is 0 Å². The molecule has 0 aliphatic heterocycles. The lowest BCUT2D eigenvalue weighted by atomic mass is 10.1. The average molecular weight is 231 g/mol. The smallest absolute Gasteiger partial charge is 0.245 e. The van der Waals surface area contributed by atoms with Gasteiger partial charge < -0.3 is 15.2 Å². The number of carbonyl (C=O) groups is 2. The standard InChI is InChI=1S/C11H21NO4/c1-9(2)10(14)4-3-6-16-7-5-12-11(15)8-13/h9,13H,3-8H2,1-2H3,(H,12,15). The van der Waals surface area contributed by atoms with Gasteiger partial charge in [0, 0.05) is 25.5 Å². The number of hydrogen-bond acceptors (Lipinski definition) is 4. The summed E-state index contributed by atoms with van der Waals surface area (Å²) >= 11 is 0. The Bertz CT molecular complexity index is 216. The molecule has 5 nitrogen and oxygen atoms in total. The maximum atomic E-state index is 11.2. The number of ketones is 1. The molecular weight excluding hydrogens is 210 g/mol. The number of rotatable bonds is 9. The Kier molecular flexibility index (Phi) is 8.75. The molecule has 0 bridgehead atoms. The summed E-state index contributed by atoms with van der Waals surface area (Å²) < 4.78 is 5.21. The van der Waals surface area contributed by atoms with Crippen molar-refractivity contribution in [3.8, 4) is 0 Å². The first-order valence-electron chi connectivity index (χ1n) is 5.56. The van der Waals surface area contributed by atoms with Crippen LogP contribution in [0.1, 0.15) is 26.7 Å². The number of hydrogen-bond donors (Lipinski definition) is 2. The minimum absolute atomic E-state index is 0.0869. The van der Waals surface area contributed by atoms with Gasteiger partial charge in [-0.1, -0.05) is 13.8 Å². The summed E-state index contributed by atoms with van der Waals surface area (Å²) in [6.45, 7) is 4.58. The van der Waals surface area contributed by atoms with Crippen LogP contribution in [-0.2, 0) is 14.3 Å². The van der Waals surface area contributed by atoms with Crippen molar-refractivity contribution in [2.24, 2.45) is 5.92 Å². The lowest BCUT2D eigenvalue weighted by Gasteiger charge is -2.06. The van der Waals surface area contributed by atoms with E-state index in [9.17, 15) is 9.59 Å². The van der Waals surface area contributed by atoms with Crippen LogP contribution in [0.15, 0.2) is 0 Å². The van der Waals surface area contributed by atoms with E-state index in [4.69, 9.17) is 9.84 Å². The number of aliphatic hydroxyl groups excluding tert-OH is 1. The zero-order chi connectivity index (χ0) is 12.4. The van der Waals surface area contributed by atoms with Crippen LogP contribution < -0.4 is 5.32 Å². The zero-order valence-corrected chi connectivity index (χ0v) is 9.99. The third kappa shape index (κ3) is 8.38. The molecule has 0 radical (unpaired) electrons. The lowest BCUT2D eigenvalue weighted by molar-refractivity contribution is -0.124. The van der Waals surface area contributed by atoms with Crippen LogP contribution in [0, 0.1) is 5.92 Å². The van der Waals surface area contributed by atoms with Crippen molar-refractivity contribution in [2.45, 2.75) is 26.7 Å². The van der Waals surface area contributed by atoms with Crippen LogP contribution in [0.2, 0.25) is 0 Å². The van der Waals surface area contributed by atoms with Crippen LogP contribution in [-0.4, -0.2) is 43.2 Å². The van der Waals surface area contributed by atoms with E-state index in [-0.39, 0.29) is 11.7 Å². The Hall–Kier alpha value is -0.940. The molecule has 0 atom stereocenters. The van der Waals surface area contributed by atoms with E-state index in [1.807, 2.05) is 13.8 Å². The fourth-order valence-corrected chi connectivity index (χ4v) is 1.06. The molecule has 0 aromatic rings. The minimum atomic E-state index is -0.497. The highest BCUT2D eigenvalue weighted by atomic mass is 16.5. The third-order valence-electron chi connectivity index (χ3n) is 2.07. The second-order valence-corrected chi connectivity index (χ2v) is 3.85. The van der Waals surface area contributed by atoms with E-state index in [1.165, 1.54) is 0 Å². The second kappa shape index (κ2) is 9.30. The molecule has 2 N–H and O–H groups in total. The topological polar surface area (TPSA) is 75.6 Å². The molecule has 0 spiro atoms. The van der Waals surface area contributed by atoms with Gasteiger partial charge >= 0.3 is 0 Å². The van der Waals surface area contributed by atoms with Gasteiger partial charge in [-0.05, 0) is 6.42 Å². The second-order valence-electron chi connectivity index (χ2n) is 3.85. The van der Waals surface area contributed by atoms with E-state index in [0.29, 0.717) is 32.6 Å². The molecule has 0 aliphatic carbocycles. The van der Waals surface area contributed by atoms with E-state index in [1.54, 1.807) is 0 Å². The molecule has 0 aliphatic rings. The molecule has 5 heteroatoms. The van der Waals surface area contributed by atoms with Gasteiger partial charge in [0.05, 0.1) is 6.61 Å². The first-order valence-corrected chi connectivity index (χ1v) is 5.56. The highest BCUT2D eigenvalue weighted by Crippen LogP contribution is 2.01. The van der Waals surface area contributed by atoms with E-state index in [0.717, 1.165) is 0 Å². The van der Waals surface area contributed by atoms with Crippen LogP contribution >= 0.6 is 0 Å². The number of ether oxygens (including phenoxy) is 1. The molecular formula is C11H21NO4. The molecule has 0 aromatic carbocycles. The fourth-order valence-electron chi connectivity index (χ4n) is 1.06. The first-order chi connectivity index (χ1) is 7.57. The van der Waals surface area contributed by atoms with Gasteiger partial charge in [0.25, 0.3) is 0 Å². The Balaban J connectivity index is 3.22. The van der Waals surface area contributed by atoms with Gasteiger partial charge in [0.15, 0.2) is 0 Å². The Morgan fingerprint density at radius 2 is 2.00 bits per heavy atom. The van der Waals surface area contributed by atoms with Gasteiger partial charge in [-0.3, -0.25) is 9.59 Å². The fraction of sp³-hybridized carbons (Fsp3) is 0.818. The summed E-state index contributed by atoms with van der Waals surface area (Å²) in [6, 6.07) is 0. The average Bonchev–Trinajstić information content (AvgIpc) is 2.26. The molecule has 16 heavy (non-hydrogen) atoms. The van der Waals surface area contributed by atoms with Crippen molar-refractivity contribution in [1.82, 2.24) is 5.32 Å². The largest absolute Gasteiger partial charge is 0.387 e. The maximum absolute atomic E-state index is 11.2. The number of Topliss-reactive ketones (excluding diaryl/α,β-unsaturated/α-hetero) is 1. The highest BCUT2D eigenvalue weighted by Gasteiger charge is 2.05. The van der Waals surface area contributed by atoms with Crippen molar-refractivity contribution in [1.29, 1.82) is 0 Å². The maximum Gasteiger partial charge on any atom is 0.245 e. The van der Waals surface area contributed by atoms with Gasteiger partial charge in [0.1, 0.15) is 12.4 Å². The third-order valence-corrected chi connectivity index (χ3v) is 2.07. The normalized spacial score (nSPS) is 10.5. The summed E-state index contributed by atoms with van der Waals surface area (Å²) in [5, 5.41) is 10.9. The molecule has 1 amide bonds. The van der Waals surface area contributed by atoms with Crippen molar-refractivity contribution in [3.63, 3.8) is 0 Å². The van der Waals surface area contributed by atoms with Crippen molar-refractivity contribution >= 4 is 11.7 Å². The van der Waals surface area contributed by atoms with Crippen LogP contribution in [0.3, 0.4) is 0 Å². The minimum Gasteiger partial charge on any atom is -0.387 e. The summed E-state index contributed by atoms with van der Waals surface area (Å²) in [5.41, 5.74) is 0. The van der Waals surface area contributed by atoms with E-state index in [2.05, 4.69) is 5.32 Å². The molecule has 0 aromatic heterocycles. The summed E-state index contributed by atoms with van der Waals surface area (Å²) in [4.78, 5) is 21.8. The Labute approximate surface area is 96.2 Å². The van der Waals surface area contributed by atoms with Crippen LogP contribution in [0.4, 0.5) is 0 Å². The predicted molar refractivity (Wildman–Crippen MR) is 60.0 cm³/mol. The molecule has 0 saturated carbocycles. The summed E-state index contributed by atoms with van der Waals surface area (Å²) in [6.07, 6.45) is 1.26. The van der Waals surface area contributed by atoms with Gasteiger partial charge in [-0.15, -0.1) is 0 Å². The van der Waals surface area contributed by atoms with Gasteiger partial charge in [-0.25, -0.2) is 0 Å². The van der Waals surface area contributed by atoms with Crippen LogP contribution in [0.5, 0.6) is 0 Å². The first kappa shape index (κ1) is 15.1. The van der Waals surface area contributed by atoms with Crippen LogP contribution in [0.25, 0.3) is 0 Å². The molecule has 0 fully saturated rings. The molecule has 94 valence electrons. The van der Waals surface area contributed by atoms with Gasteiger partial charge in [0.2, 0.25) is 5.91 Å². The number of aliphatic hydroxyl groups is 1. The summed E-state index contributed by atoms with van der Waals surface area (Å²) in [7, 11) is 0. The Morgan fingerprint density at radius 3 is 2.56 bits per heavy atom. The predicted octanol–water partition coefficient (Wildman–Crippen LogP) is 0.117. The number of carbonyl (C=O) groups excluding carboxylic acids is 2. The summed E-state index contributed by atoms with van der Waals surface area (Å²) in [5.74, 6) is -0.0698. The molecule has 0 saturated heterocycles. The number of nitrogens with one attached hydrogen (secondary N) is 1. The Morgan fingerprint density at radius 1 is 1.31 bits per heavy atom. The van der Waals surface area contributed by atoms with Gasteiger partial charge in [-0.2, -0.15) is 0 Å². The highest BCUT2D eigenvalue weighted by molar-refractivity contribution is 5.80. The zero-order valence-electron chi connectivity index (χ0n) is 9.99. The number of amides is 1. The quantitative estimate of drug-likeness (QED) is 0.552.